The monoisotopic (exact) mass is 274 g/mol. The third-order valence-corrected chi connectivity index (χ3v) is 4.26. The maximum absolute atomic E-state index is 9.33. The van der Waals surface area contributed by atoms with Gasteiger partial charge in [0.15, 0.2) is 0 Å². The molecule has 2 rings (SSSR count). The molecule has 1 aromatic heterocycles. The Kier molecular flexibility index (Phi) is 4.02. The van der Waals surface area contributed by atoms with Crippen molar-refractivity contribution in [2.75, 3.05) is 7.05 Å². The van der Waals surface area contributed by atoms with Crippen LogP contribution in [0, 0.1) is 6.92 Å². The highest BCUT2D eigenvalue weighted by atomic mass is 32.1. The molecule has 1 aromatic carbocycles. The molecule has 0 radical (unpaired) electrons. The predicted octanol–water partition coefficient (Wildman–Crippen LogP) is 3.93. The number of aliphatic hydroxyl groups is 1. The second-order valence-electron chi connectivity index (χ2n) is 4.49. The van der Waals surface area contributed by atoms with Crippen LogP contribution in [0.25, 0.3) is 17.0 Å². The van der Waals surface area contributed by atoms with Gasteiger partial charge in [-0.2, -0.15) is 0 Å². The van der Waals surface area contributed by atoms with Gasteiger partial charge in [0, 0.05) is 16.0 Å². The van der Waals surface area contributed by atoms with Crippen molar-refractivity contribution in [1.82, 2.24) is 10.3 Å². The predicted molar refractivity (Wildman–Crippen MR) is 81.4 cm³/mol. The van der Waals surface area contributed by atoms with E-state index in [0.29, 0.717) is 0 Å². The summed E-state index contributed by atoms with van der Waals surface area (Å²) in [4.78, 5) is 5.90. The number of hydrogen-bond donors (Lipinski definition) is 2. The van der Waals surface area contributed by atoms with Crippen molar-refractivity contribution in [3.63, 3.8) is 0 Å². The van der Waals surface area contributed by atoms with E-state index in [2.05, 4.69) is 25.7 Å². The number of rotatable bonds is 4. The molecule has 1 heterocycles. The summed E-state index contributed by atoms with van der Waals surface area (Å²) in [6.07, 6.45) is 0. The first-order valence-corrected chi connectivity index (χ1v) is 6.98. The summed E-state index contributed by atoms with van der Waals surface area (Å²) in [6, 6.07) is 7.91. The number of benzene rings is 1. The smallest absolute Gasteiger partial charge is 0.115 e. The van der Waals surface area contributed by atoms with Crippen LogP contribution in [0.5, 0.6) is 0 Å². The average molecular weight is 274 g/mol. The summed E-state index contributed by atoms with van der Waals surface area (Å²) in [5.74, 6) is 0.0889. The number of thiazole rings is 1. The second-order valence-corrected chi connectivity index (χ2v) is 5.73. The highest BCUT2D eigenvalue weighted by molar-refractivity contribution is 7.12. The molecular formula is C15H18N2OS. The zero-order valence-electron chi connectivity index (χ0n) is 11.4. The van der Waals surface area contributed by atoms with Gasteiger partial charge in [-0.1, -0.05) is 30.8 Å². The number of aryl methyl sites for hydroxylation is 1. The third-order valence-electron chi connectivity index (χ3n) is 3.11. The molecule has 0 unspecified atom stereocenters. The molecule has 0 saturated heterocycles. The molecule has 2 N–H and O–H groups in total. The summed E-state index contributed by atoms with van der Waals surface area (Å²) in [5, 5.41) is 13.6. The topological polar surface area (TPSA) is 45.2 Å². The maximum atomic E-state index is 9.33. The minimum absolute atomic E-state index is 0.0889. The van der Waals surface area contributed by atoms with Gasteiger partial charge in [0.25, 0.3) is 0 Å². The summed E-state index contributed by atoms with van der Waals surface area (Å²) >= 11 is 1.71. The fourth-order valence-corrected chi connectivity index (χ4v) is 2.82. The van der Waals surface area contributed by atoms with E-state index < -0.39 is 0 Å². The lowest BCUT2D eigenvalue weighted by Gasteiger charge is -2.04. The van der Waals surface area contributed by atoms with Crippen molar-refractivity contribution in [1.29, 1.82) is 0 Å². The highest BCUT2D eigenvalue weighted by Gasteiger charge is 2.13. The molecule has 0 spiro atoms. The molecule has 1 atom stereocenters. The standard InChI is InChI=1S/C15H18N2OS/c1-9(16-4)15-17-14(11(3)19-15)13-7-5-12(6-8-13)10(2)18/h5-9,16,18H,2H2,1,3-4H3/t9-/m0/s1. The van der Waals surface area contributed by atoms with E-state index in [1.807, 2.05) is 31.3 Å². The average Bonchev–Trinajstić information content (AvgIpc) is 2.80. The lowest BCUT2D eigenvalue weighted by atomic mass is 10.1. The first-order chi connectivity index (χ1) is 9.02. The van der Waals surface area contributed by atoms with Gasteiger partial charge in [-0.25, -0.2) is 4.98 Å². The molecular weight excluding hydrogens is 256 g/mol. The van der Waals surface area contributed by atoms with Gasteiger partial charge >= 0.3 is 0 Å². The molecule has 2 aromatic rings. The van der Waals surface area contributed by atoms with Crippen LogP contribution in [-0.2, 0) is 0 Å². The zero-order valence-corrected chi connectivity index (χ0v) is 12.2. The summed E-state index contributed by atoms with van der Waals surface area (Å²) in [7, 11) is 1.93. The first kappa shape index (κ1) is 13.8. The van der Waals surface area contributed by atoms with Crippen molar-refractivity contribution >= 4 is 17.1 Å². The van der Waals surface area contributed by atoms with Gasteiger partial charge in [0.1, 0.15) is 10.8 Å². The van der Waals surface area contributed by atoms with Gasteiger partial charge in [-0.3, -0.25) is 0 Å². The minimum atomic E-state index is 0.0889. The number of nitrogens with one attached hydrogen (secondary N) is 1. The van der Waals surface area contributed by atoms with Gasteiger partial charge in [0.2, 0.25) is 0 Å². The Balaban J connectivity index is 2.36. The van der Waals surface area contributed by atoms with E-state index in [9.17, 15) is 5.11 Å². The molecule has 0 amide bonds. The van der Waals surface area contributed by atoms with Crippen LogP contribution in [-0.4, -0.2) is 17.1 Å². The van der Waals surface area contributed by atoms with E-state index in [1.165, 1.54) is 4.88 Å². The van der Waals surface area contributed by atoms with Crippen molar-refractivity contribution in [2.24, 2.45) is 0 Å². The van der Waals surface area contributed by atoms with Gasteiger partial charge in [-0.15, -0.1) is 11.3 Å². The Morgan fingerprint density at radius 3 is 2.53 bits per heavy atom. The molecule has 0 aliphatic heterocycles. The van der Waals surface area contributed by atoms with Gasteiger partial charge < -0.3 is 10.4 Å². The van der Waals surface area contributed by atoms with E-state index in [4.69, 9.17) is 4.98 Å². The van der Waals surface area contributed by atoms with Crippen LogP contribution >= 0.6 is 11.3 Å². The highest BCUT2D eigenvalue weighted by Crippen LogP contribution is 2.30. The van der Waals surface area contributed by atoms with E-state index in [-0.39, 0.29) is 11.8 Å². The molecule has 0 bridgehead atoms. The quantitative estimate of drug-likeness (QED) is 0.830. The number of nitrogens with zero attached hydrogens (tertiary/aromatic N) is 1. The lowest BCUT2D eigenvalue weighted by Crippen LogP contribution is -2.11. The van der Waals surface area contributed by atoms with Gasteiger partial charge in [0.05, 0.1) is 11.7 Å². The zero-order chi connectivity index (χ0) is 14.0. The Morgan fingerprint density at radius 2 is 2.00 bits per heavy atom. The number of aromatic nitrogens is 1. The van der Waals surface area contributed by atoms with E-state index >= 15 is 0 Å². The maximum Gasteiger partial charge on any atom is 0.115 e. The largest absolute Gasteiger partial charge is 0.508 e. The molecule has 100 valence electrons. The van der Waals surface area contributed by atoms with E-state index in [1.54, 1.807) is 11.3 Å². The molecule has 0 aliphatic carbocycles. The third kappa shape index (κ3) is 2.85. The first-order valence-electron chi connectivity index (χ1n) is 6.16. The molecule has 0 fully saturated rings. The van der Waals surface area contributed by atoms with E-state index in [0.717, 1.165) is 21.8 Å². The summed E-state index contributed by atoms with van der Waals surface area (Å²) in [6.45, 7) is 7.70. The molecule has 4 heteroatoms. The molecule has 19 heavy (non-hydrogen) atoms. The molecule has 0 saturated carbocycles. The van der Waals surface area contributed by atoms with Gasteiger partial charge in [-0.05, 0) is 20.9 Å². The Hall–Kier alpha value is -1.65. The summed E-state index contributed by atoms with van der Waals surface area (Å²) in [5.41, 5.74) is 2.81. The fourth-order valence-electron chi connectivity index (χ4n) is 1.81. The van der Waals surface area contributed by atoms with Crippen LogP contribution in [0.2, 0.25) is 0 Å². The lowest BCUT2D eigenvalue weighted by molar-refractivity contribution is 0.514. The fraction of sp³-hybridized carbons (Fsp3) is 0.267. The Bertz CT molecular complexity index is 587. The SMILES string of the molecule is C=C(O)c1ccc(-c2nc([C@H](C)NC)sc2C)cc1. The van der Waals surface area contributed by atoms with Crippen LogP contribution in [0.15, 0.2) is 30.8 Å². The van der Waals surface area contributed by atoms with Crippen molar-refractivity contribution in [3.05, 3.63) is 46.3 Å². The van der Waals surface area contributed by atoms with Crippen LogP contribution in [0.1, 0.15) is 28.4 Å². The van der Waals surface area contributed by atoms with Crippen molar-refractivity contribution in [3.8, 4) is 11.3 Å². The van der Waals surface area contributed by atoms with Crippen LogP contribution in [0.4, 0.5) is 0 Å². The molecule has 0 aliphatic rings. The van der Waals surface area contributed by atoms with Crippen LogP contribution in [0.3, 0.4) is 0 Å². The second kappa shape index (κ2) is 5.55. The van der Waals surface area contributed by atoms with Crippen molar-refractivity contribution < 1.29 is 5.11 Å². The Labute approximate surface area is 117 Å². The minimum Gasteiger partial charge on any atom is -0.508 e. The van der Waals surface area contributed by atoms with Crippen LogP contribution < -0.4 is 5.32 Å². The number of hydrogen-bond acceptors (Lipinski definition) is 4. The number of aliphatic hydroxyl groups excluding tert-OH is 1. The summed E-state index contributed by atoms with van der Waals surface area (Å²) < 4.78 is 0. The Morgan fingerprint density at radius 1 is 1.37 bits per heavy atom. The van der Waals surface area contributed by atoms with Crippen molar-refractivity contribution in [2.45, 2.75) is 19.9 Å². The normalized spacial score (nSPS) is 12.4. The molecule has 3 nitrogen and oxygen atoms in total.